The topological polar surface area (TPSA) is 120 Å². The van der Waals surface area contributed by atoms with E-state index in [1.54, 1.807) is 44.6 Å². The molecule has 1 saturated heterocycles. The molecule has 1 aromatic rings. The zero-order valence-electron chi connectivity index (χ0n) is 16.7. The fraction of sp³-hybridized carbons (Fsp3) is 0.632. The molecular weight excluding hydrogens is 368 g/mol. The first kappa shape index (κ1) is 24.1. The van der Waals surface area contributed by atoms with Crippen molar-refractivity contribution in [2.45, 2.75) is 56.5 Å². The molecule has 0 spiro atoms. The van der Waals surface area contributed by atoms with Gasteiger partial charge < -0.3 is 34.5 Å². The summed E-state index contributed by atoms with van der Waals surface area (Å²) in [5.74, 6) is 0. The van der Waals surface area contributed by atoms with Crippen LogP contribution < -0.4 is 4.57 Å². The van der Waals surface area contributed by atoms with Crippen LogP contribution in [0, 0.1) is 0 Å². The van der Waals surface area contributed by atoms with E-state index in [9.17, 15) is 24.9 Å². The lowest BCUT2D eigenvalue weighted by molar-refractivity contribution is -0.777. The van der Waals surface area contributed by atoms with Crippen molar-refractivity contribution in [1.29, 1.82) is 0 Å². The first-order valence-electron chi connectivity index (χ1n) is 9.09. The molecule has 0 aliphatic carbocycles. The van der Waals surface area contributed by atoms with Gasteiger partial charge in [-0.25, -0.2) is 0 Å². The number of aldehydes is 1. The number of aromatic nitrogens is 1. The van der Waals surface area contributed by atoms with E-state index in [2.05, 4.69) is 4.74 Å². The summed E-state index contributed by atoms with van der Waals surface area (Å²) in [6, 6.07) is 3.45. The number of ether oxygens (including phenoxy) is 2. The summed E-state index contributed by atoms with van der Waals surface area (Å²) in [5.41, 5.74) is 0.831. The van der Waals surface area contributed by atoms with E-state index in [0.717, 1.165) is 24.8 Å². The Bertz CT molecular complexity index is 616. The number of hydrogen-bond acceptors (Lipinski definition) is 7. The summed E-state index contributed by atoms with van der Waals surface area (Å²) >= 11 is 0. The highest BCUT2D eigenvalue weighted by atomic mass is 16.5. The van der Waals surface area contributed by atoms with Crippen LogP contribution in [0.5, 0.6) is 0 Å². The average molecular weight is 399 g/mol. The number of pyridine rings is 1. The fourth-order valence-corrected chi connectivity index (χ4v) is 3.07. The van der Waals surface area contributed by atoms with Gasteiger partial charge in [0, 0.05) is 32.9 Å². The van der Waals surface area contributed by atoms with Crippen molar-refractivity contribution >= 4 is 12.7 Å². The Morgan fingerprint density at radius 3 is 2.43 bits per heavy atom. The van der Waals surface area contributed by atoms with Gasteiger partial charge in [0.2, 0.25) is 6.41 Å². The van der Waals surface area contributed by atoms with Gasteiger partial charge in [-0.3, -0.25) is 4.79 Å². The molecule has 1 aromatic heterocycles. The quantitative estimate of drug-likeness (QED) is 0.411. The van der Waals surface area contributed by atoms with E-state index in [1.807, 2.05) is 13.0 Å². The fourth-order valence-electron chi connectivity index (χ4n) is 3.07. The lowest BCUT2D eigenvalue weighted by Crippen LogP contribution is -2.62. The van der Waals surface area contributed by atoms with Gasteiger partial charge in [0.25, 0.3) is 6.23 Å². The van der Waals surface area contributed by atoms with Crippen LogP contribution in [0.3, 0.4) is 0 Å². The molecule has 1 amide bonds. The van der Waals surface area contributed by atoms with Crippen molar-refractivity contribution in [2.75, 3.05) is 21.3 Å². The second-order valence-electron chi connectivity index (χ2n) is 6.67. The minimum Gasteiger partial charge on any atom is -0.388 e. The normalized spacial score (nSPS) is 27.9. The first-order valence-corrected chi connectivity index (χ1v) is 9.09. The Labute approximate surface area is 165 Å². The van der Waals surface area contributed by atoms with E-state index < -0.39 is 30.6 Å². The zero-order valence-corrected chi connectivity index (χ0v) is 16.7. The molecule has 2 heterocycles. The standard InChI is InChI=1S/C17H25N2O6.C2H6O/c1-3-5-12(18(2)10-21)11-6-4-7-19(8-11)17-16(24)15(23)14(22)13(9-20)25-17;1-3-2/h4,6-10,12-17,22-24H,3,5H2,1-2H3;1-2H3/q+1;. The predicted molar refractivity (Wildman–Crippen MR) is 99.0 cm³/mol. The number of rotatable bonds is 7. The highest BCUT2D eigenvalue weighted by Crippen LogP contribution is 2.26. The largest absolute Gasteiger partial charge is 0.388 e. The van der Waals surface area contributed by atoms with Gasteiger partial charge in [-0.1, -0.05) is 13.3 Å². The third-order valence-electron chi connectivity index (χ3n) is 4.50. The molecule has 9 heteroatoms. The van der Waals surface area contributed by atoms with Gasteiger partial charge in [-0.2, -0.15) is 4.57 Å². The molecule has 6 unspecified atom stereocenters. The Morgan fingerprint density at radius 2 is 1.89 bits per heavy atom. The van der Waals surface area contributed by atoms with Crippen LogP contribution in [0.2, 0.25) is 0 Å². The summed E-state index contributed by atoms with van der Waals surface area (Å²) in [4.78, 5) is 23.8. The summed E-state index contributed by atoms with van der Waals surface area (Å²) in [5, 5.41) is 30.0. The third-order valence-corrected chi connectivity index (χ3v) is 4.50. The Morgan fingerprint density at radius 1 is 1.25 bits per heavy atom. The summed E-state index contributed by atoms with van der Waals surface area (Å²) in [7, 11) is 4.94. The van der Waals surface area contributed by atoms with Gasteiger partial charge in [0.15, 0.2) is 24.8 Å². The molecule has 6 atom stereocenters. The lowest BCUT2D eigenvalue weighted by Gasteiger charge is -2.35. The smallest absolute Gasteiger partial charge is 0.292 e. The summed E-state index contributed by atoms with van der Waals surface area (Å²) < 4.78 is 11.2. The Hall–Kier alpha value is -1.91. The minimum atomic E-state index is -1.51. The molecule has 1 aliphatic rings. The molecule has 0 radical (unpaired) electrons. The number of methoxy groups -OCH3 is 1. The zero-order chi connectivity index (χ0) is 21.3. The number of nitrogens with zero attached hydrogens (tertiary/aromatic N) is 2. The van der Waals surface area contributed by atoms with Crippen LogP contribution in [0.25, 0.3) is 0 Å². The highest BCUT2D eigenvalue weighted by molar-refractivity contribution is 5.57. The van der Waals surface area contributed by atoms with Crippen LogP contribution in [-0.4, -0.2) is 78.6 Å². The third kappa shape index (κ3) is 5.79. The first-order chi connectivity index (χ1) is 13.4. The van der Waals surface area contributed by atoms with Gasteiger partial charge in [-0.05, 0) is 12.5 Å². The van der Waals surface area contributed by atoms with Crippen molar-refractivity contribution in [3.63, 3.8) is 0 Å². The van der Waals surface area contributed by atoms with Crippen molar-refractivity contribution in [3.05, 3.63) is 30.1 Å². The molecule has 0 bridgehead atoms. The van der Waals surface area contributed by atoms with Crippen LogP contribution in [0.1, 0.15) is 37.6 Å². The highest BCUT2D eigenvalue weighted by Gasteiger charge is 2.48. The van der Waals surface area contributed by atoms with Gasteiger partial charge in [0.05, 0.1) is 6.04 Å². The number of hydrogen-bond donors (Lipinski definition) is 3. The minimum absolute atomic E-state index is 0.145. The molecule has 0 aromatic carbocycles. The van der Waals surface area contributed by atoms with E-state index in [0.29, 0.717) is 6.29 Å². The van der Waals surface area contributed by atoms with Crippen molar-refractivity contribution in [3.8, 4) is 0 Å². The maximum absolute atomic E-state index is 11.1. The molecule has 158 valence electrons. The van der Waals surface area contributed by atoms with E-state index in [1.165, 1.54) is 4.57 Å². The van der Waals surface area contributed by atoms with E-state index in [-0.39, 0.29) is 6.04 Å². The number of carbonyl (C=O) groups is 2. The summed E-state index contributed by atoms with van der Waals surface area (Å²) in [6.45, 7) is 2.02. The molecule has 9 nitrogen and oxygen atoms in total. The second-order valence-corrected chi connectivity index (χ2v) is 6.67. The van der Waals surface area contributed by atoms with Crippen molar-refractivity contribution in [1.82, 2.24) is 4.90 Å². The van der Waals surface area contributed by atoms with Crippen molar-refractivity contribution < 1.29 is 38.9 Å². The number of amides is 1. The number of aliphatic hydroxyl groups excluding tert-OH is 3. The van der Waals surface area contributed by atoms with Gasteiger partial charge in [-0.15, -0.1) is 0 Å². The number of carbonyl (C=O) groups excluding carboxylic acids is 2. The van der Waals surface area contributed by atoms with Crippen molar-refractivity contribution in [2.24, 2.45) is 0 Å². The maximum Gasteiger partial charge on any atom is 0.292 e. The maximum atomic E-state index is 11.1. The SMILES string of the molecule is CCCC(c1ccc[n+](C2OC(C=O)C(O)C(O)C2O)c1)N(C)C=O.COC. The van der Waals surface area contributed by atoms with E-state index >= 15 is 0 Å². The van der Waals surface area contributed by atoms with Crippen LogP contribution in [0.15, 0.2) is 24.5 Å². The van der Waals surface area contributed by atoms with Crippen LogP contribution in [-0.2, 0) is 19.1 Å². The van der Waals surface area contributed by atoms with E-state index in [4.69, 9.17) is 4.74 Å². The monoisotopic (exact) mass is 399 g/mol. The molecule has 1 aliphatic heterocycles. The summed E-state index contributed by atoms with van der Waals surface area (Å²) in [6.07, 6.45) is -0.529. The number of aliphatic hydroxyl groups is 3. The van der Waals surface area contributed by atoms with Crippen LogP contribution in [0.4, 0.5) is 0 Å². The molecule has 2 rings (SSSR count). The molecular formula is C19H31N2O7+. The van der Waals surface area contributed by atoms with Gasteiger partial charge >= 0.3 is 0 Å². The second kappa shape index (κ2) is 11.8. The Balaban J connectivity index is 0.00000122. The Kier molecular flexibility index (Phi) is 10.2. The van der Waals surface area contributed by atoms with Crippen LogP contribution >= 0.6 is 0 Å². The molecule has 1 fully saturated rings. The molecule has 0 saturated carbocycles. The predicted octanol–water partition coefficient (Wildman–Crippen LogP) is -0.655. The molecule has 3 N–H and O–H groups in total. The molecule has 28 heavy (non-hydrogen) atoms. The average Bonchev–Trinajstić information content (AvgIpc) is 2.70. The van der Waals surface area contributed by atoms with Gasteiger partial charge in [0.1, 0.15) is 18.3 Å². The lowest BCUT2D eigenvalue weighted by atomic mass is 9.98.